The van der Waals surface area contributed by atoms with Crippen LogP contribution in [0.5, 0.6) is 11.5 Å². The van der Waals surface area contributed by atoms with Gasteiger partial charge in [-0.3, -0.25) is 4.79 Å². The van der Waals surface area contributed by atoms with E-state index < -0.39 is 26.4 Å². The van der Waals surface area contributed by atoms with Crippen molar-refractivity contribution in [3.63, 3.8) is 0 Å². The number of benzene rings is 2. The number of carbonyl (C=O) groups excluding carboxylic acids is 1. The quantitative estimate of drug-likeness (QED) is 0.857. The summed E-state index contributed by atoms with van der Waals surface area (Å²) in [4.78, 5) is 11.6. The minimum Gasteiger partial charge on any atom is -0.486 e. The number of rotatable bonds is 5. The Morgan fingerprint density at radius 2 is 1.77 bits per heavy atom. The number of hydrogen-bond acceptors (Lipinski definition) is 5. The first-order valence-corrected chi connectivity index (χ1v) is 9.21. The van der Waals surface area contributed by atoms with Crippen molar-refractivity contribution in [2.75, 3.05) is 13.2 Å². The third-order valence-electron chi connectivity index (χ3n) is 3.74. The molecule has 1 amide bonds. The Kier molecular flexibility index (Phi) is 5.08. The predicted molar refractivity (Wildman–Crippen MR) is 88.3 cm³/mol. The van der Waals surface area contributed by atoms with Gasteiger partial charge in [0.05, 0.1) is 11.4 Å². The fraction of sp³-hybridized carbons (Fsp3) is 0.235. The van der Waals surface area contributed by atoms with Gasteiger partial charge in [0.15, 0.2) is 11.5 Å². The summed E-state index contributed by atoms with van der Waals surface area (Å²) in [5, 5.41) is 2.64. The van der Waals surface area contributed by atoms with Crippen LogP contribution in [0.4, 0.5) is 8.78 Å². The second-order valence-corrected chi connectivity index (χ2v) is 7.46. The van der Waals surface area contributed by atoms with Gasteiger partial charge >= 0.3 is 5.76 Å². The first-order valence-electron chi connectivity index (χ1n) is 7.67. The minimum absolute atomic E-state index is 0.148. The lowest BCUT2D eigenvalue weighted by molar-refractivity contribution is 0.0789. The van der Waals surface area contributed by atoms with E-state index in [0.717, 1.165) is 12.1 Å². The molecule has 1 atom stereocenters. The molecule has 2 aromatic carbocycles. The van der Waals surface area contributed by atoms with Crippen molar-refractivity contribution in [1.82, 2.24) is 5.32 Å². The average molecular weight is 383 g/mol. The smallest absolute Gasteiger partial charge is 0.341 e. The molecule has 26 heavy (non-hydrogen) atoms. The number of hydrogen-bond donors (Lipinski definition) is 1. The molecular formula is C17H15F2NO5S. The average Bonchev–Trinajstić information content (AvgIpc) is 2.66. The maximum absolute atomic E-state index is 12.5. The van der Waals surface area contributed by atoms with Crippen LogP contribution in [0, 0.1) is 0 Å². The topological polar surface area (TPSA) is 81.7 Å². The van der Waals surface area contributed by atoms with E-state index in [4.69, 9.17) is 9.47 Å². The lowest BCUT2D eigenvalue weighted by atomic mass is 10.2. The second-order valence-electron chi connectivity index (χ2n) is 5.54. The minimum atomic E-state index is -4.68. The third kappa shape index (κ3) is 3.77. The van der Waals surface area contributed by atoms with Crippen LogP contribution < -0.4 is 14.8 Å². The van der Waals surface area contributed by atoms with Crippen molar-refractivity contribution in [3.8, 4) is 11.5 Å². The molecule has 2 aromatic rings. The summed E-state index contributed by atoms with van der Waals surface area (Å²) in [5.74, 6) is -2.77. The molecule has 138 valence electrons. The highest BCUT2D eigenvalue weighted by molar-refractivity contribution is 7.91. The van der Waals surface area contributed by atoms with Crippen LogP contribution in [0.2, 0.25) is 0 Å². The van der Waals surface area contributed by atoms with Gasteiger partial charge in [0, 0.05) is 5.56 Å². The van der Waals surface area contributed by atoms with E-state index >= 15 is 0 Å². The summed E-state index contributed by atoms with van der Waals surface area (Å²) < 4.78 is 59.0. The van der Waals surface area contributed by atoms with Gasteiger partial charge in [0.1, 0.15) is 12.7 Å². The lowest BCUT2D eigenvalue weighted by Crippen LogP contribution is -2.40. The van der Waals surface area contributed by atoms with Gasteiger partial charge in [-0.05, 0) is 36.4 Å². The zero-order valence-electron chi connectivity index (χ0n) is 13.4. The molecule has 0 aliphatic carbocycles. The normalized spacial score (nSPS) is 16.3. The van der Waals surface area contributed by atoms with Gasteiger partial charge in [-0.1, -0.05) is 12.1 Å². The second kappa shape index (κ2) is 7.28. The number of sulfone groups is 1. The van der Waals surface area contributed by atoms with Crippen molar-refractivity contribution in [1.29, 1.82) is 0 Å². The Morgan fingerprint density at radius 3 is 2.42 bits per heavy atom. The maximum atomic E-state index is 12.5. The zero-order chi connectivity index (χ0) is 18.7. The summed E-state index contributed by atoms with van der Waals surface area (Å²) >= 11 is 0. The molecule has 1 aliphatic heterocycles. The Balaban J connectivity index is 1.59. The number of fused-ring (bicyclic) bond motifs is 1. The van der Waals surface area contributed by atoms with Crippen molar-refractivity contribution in [3.05, 3.63) is 54.1 Å². The monoisotopic (exact) mass is 383 g/mol. The van der Waals surface area contributed by atoms with Crippen molar-refractivity contribution >= 4 is 15.7 Å². The zero-order valence-corrected chi connectivity index (χ0v) is 14.2. The summed E-state index contributed by atoms with van der Waals surface area (Å²) in [6.07, 6.45) is -0.382. The molecule has 9 heteroatoms. The van der Waals surface area contributed by atoms with E-state index in [1.165, 1.54) is 12.1 Å². The molecule has 0 spiro atoms. The van der Waals surface area contributed by atoms with Crippen LogP contribution in [0.15, 0.2) is 53.4 Å². The molecule has 1 aliphatic rings. The molecule has 0 radical (unpaired) electrons. The van der Waals surface area contributed by atoms with Crippen LogP contribution in [-0.2, 0) is 9.84 Å². The van der Waals surface area contributed by atoms with Crippen LogP contribution in [0.3, 0.4) is 0 Å². The van der Waals surface area contributed by atoms with E-state index in [2.05, 4.69) is 5.32 Å². The third-order valence-corrected chi connectivity index (χ3v) is 5.14. The van der Waals surface area contributed by atoms with Gasteiger partial charge in [0.25, 0.3) is 5.91 Å². The van der Waals surface area contributed by atoms with Gasteiger partial charge in [-0.2, -0.15) is 8.78 Å². The highest BCUT2D eigenvalue weighted by atomic mass is 32.2. The molecule has 6 nitrogen and oxygen atoms in total. The number of carbonyl (C=O) groups is 1. The summed E-state index contributed by atoms with van der Waals surface area (Å²) in [7, 11) is -4.68. The Labute approximate surface area is 148 Å². The molecule has 0 saturated carbocycles. The number of para-hydroxylation sites is 2. The van der Waals surface area contributed by atoms with Gasteiger partial charge < -0.3 is 14.8 Å². The van der Waals surface area contributed by atoms with Gasteiger partial charge in [-0.15, -0.1) is 0 Å². The molecule has 1 heterocycles. The van der Waals surface area contributed by atoms with Gasteiger partial charge in [0.2, 0.25) is 9.84 Å². The highest BCUT2D eigenvalue weighted by Crippen LogP contribution is 2.30. The highest BCUT2D eigenvalue weighted by Gasteiger charge is 2.26. The largest absolute Gasteiger partial charge is 0.486 e. The molecule has 0 saturated heterocycles. The fourth-order valence-corrected chi connectivity index (χ4v) is 3.09. The molecule has 3 rings (SSSR count). The lowest BCUT2D eigenvalue weighted by Gasteiger charge is -2.26. The van der Waals surface area contributed by atoms with Crippen LogP contribution in [-0.4, -0.2) is 39.3 Å². The standard InChI is InChI=1S/C17H15F2NO5S/c18-17(19)26(22,23)13-7-5-11(6-8-13)16(21)20-9-12-10-24-14-3-1-2-4-15(14)25-12/h1-8,12,17H,9-10H2,(H,20,21)/t12-/m0/s1. The Morgan fingerprint density at radius 1 is 1.12 bits per heavy atom. The van der Waals surface area contributed by atoms with Crippen LogP contribution >= 0.6 is 0 Å². The molecular weight excluding hydrogens is 368 g/mol. The van der Waals surface area contributed by atoms with E-state index in [1.807, 2.05) is 6.07 Å². The van der Waals surface area contributed by atoms with Crippen LogP contribution in [0.25, 0.3) is 0 Å². The van der Waals surface area contributed by atoms with Gasteiger partial charge in [-0.25, -0.2) is 8.42 Å². The number of alkyl halides is 2. The van der Waals surface area contributed by atoms with E-state index in [1.54, 1.807) is 18.2 Å². The van der Waals surface area contributed by atoms with E-state index in [-0.39, 0.29) is 24.8 Å². The maximum Gasteiger partial charge on any atom is 0.341 e. The number of halogens is 2. The predicted octanol–water partition coefficient (Wildman–Crippen LogP) is 2.25. The first-order chi connectivity index (χ1) is 12.4. The molecule has 0 aromatic heterocycles. The number of amides is 1. The van der Waals surface area contributed by atoms with Crippen molar-refractivity contribution in [2.45, 2.75) is 16.8 Å². The number of ether oxygens (including phenoxy) is 2. The molecule has 0 unspecified atom stereocenters. The van der Waals surface area contributed by atoms with Crippen LogP contribution in [0.1, 0.15) is 10.4 Å². The van der Waals surface area contributed by atoms with E-state index in [0.29, 0.717) is 11.5 Å². The number of nitrogens with one attached hydrogen (secondary N) is 1. The Hall–Kier alpha value is -2.68. The summed E-state index contributed by atoms with van der Waals surface area (Å²) in [6.45, 7) is 0.438. The summed E-state index contributed by atoms with van der Waals surface area (Å²) in [5.41, 5.74) is 0.148. The SMILES string of the molecule is O=C(NC[C@H]1COc2ccccc2O1)c1ccc(S(=O)(=O)C(F)F)cc1. The Bertz CT molecular complexity index is 900. The van der Waals surface area contributed by atoms with Crippen molar-refractivity contribution in [2.24, 2.45) is 0 Å². The summed E-state index contributed by atoms with van der Waals surface area (Å²) in [6, 6.07) is 11.5. The fourth-order valence-electron chi connectivity index (χ4n) is 2.37. The molecule has 0 fully saturated rings. The molecule has 1 N–H and O–H groups in total. The van der Waals surface area contributed by atoms with Crippen molar-refractivity contribution < 1.29 is 31.5 Å². The first kappa shape index (κ1) is 18.1. The molecule has 0 bridgehead atoms. The van der Waals surface area contributed by atoms with E-state index in [9.17, 15) is 22.0 Å².